The van der Waals surface area contributed by atoms with Crippen LogP contribution in [0.5, 0.6) is 0 Å². The van der Waals surface area contributed by atoms with Crippen LogP contribution in [0.4, 0.5) is 5.95 Å². The molecule has 6 heteroatoms. The van der Waals surface area contributed by atoms with Crippen molar-refractivity contribution in [1.29, 1.82) is 0 Å². The van der Waals surface area contributed by atoms with Crippen LogP contribution in [0.1, 0.15) is 26.3 Å². The fraction of sp³-hybridized carbons (Fsp3) is 0.615. The number of aromatic nitrogens is 2. The summed E-state index contributed by atoms with van der Waals surface area (Å²) in [6.45, 7) is 7.56. The van der Waals surface area contributed by atoms with Crippen LogP contribution in [0.15, 0.2) is 12.4 Å². The maximum absolute atomic E-state index is 10.9. The summed E-state index contributed by atoms with van der Waals surface area (Å²) in [4.78, 5) is 21.4. The van der Waals surface area contributed by atoms with Crippen molar-refractivity contribution >= 4 is 11.9 Å². The van der Waals surface area contributed by atoms with Gasteiger partial charge in [-0.25, -0.2) is 14.8 Å². The molecule has 1 saturated heterocycles. The van der Waals surface area contributed by atoms with Crippen LogP contribution in [-0.2, 0) is 14.9 Å². The number of ether oxygens (including phenoxy) is 1. The fourth-order valence-electron chi connectivity index (χ4n) is 1.85. The van der Waals surface area contributed by atoms with Crippen LogP contribution in [0.25, 0.3) is 0 Å². The highest BCUT2D eigenvalue weighted by Crippen LogP contribution is 2.21. The van der Waals surface area contributed by atoms with E-state index in [2.05, 4.69) is 30.7 Å². The molecule has 0 saturated carbocycles. The van der Waals surface area contributed by atoms with E-state index in [9.17, 15) is 4.79 Å². The number of carboxylic acid groups (broad SMARTS) is 1. The van der Waals surface area contributed by atoms with Crippen molar-refractivity contribution in [2.75, 3.05) is 24.6 Å². The summed E-state index contributed by atoms with van der Waals surface area (Å²) in [7, 11) is 0. The van der Waals surface area contributed by atoms with Crippen molar-refractivity contribution in [2.24, 2.45) is 0 Å². The molecule has 2 heterocycles. The Kier molecular flexibility index (Phi) is 3.71. The molecule has 2 rings (SSSR count). The Bertz CT molecular complexity index is 453. The lowest BCUT2D eigenvalue weighted by atomic mass is 9.89. The van der Waals surface area contributed by atoms with Crippen molar-refractivity contribution in [3.8, 4) is 0 Å². The highest BCUT2D eigenvalue weighted by atomic mass is 16.5. The second-order valence-corrected chi connectivity index (χ2v) is 5.67. The minimum atomic E-state index is -0.948. The molecule has 1 aromatic heterocycles. The molecule has 104 valence electrons. The van der Waals surface area contributed by atoms with Crippen molar-refractivity contribution in [3.63, 3.8) is 0 Å². The van der Waals surface area contributed by atoms with Crippen LogP contribution in [0.2, 0.25) is 0 Å². The summed E-state index contributed by atoms with van der Waals surface area (Å²) >= 11 is 0. The molecular formula is C13H19N3O3. The van der Waals surface area contributed by atoms with Crippen LogP contribution in [0, 0.1) is 0 Å². The van der Waals surface area contributed by atoms with Crippen molar-refractivity contribution in [1.82, 2.24) is 9.97 Å². The number of rotatable bonds is 2. The van der Waals surface area contributed by atoms with E-state index < -0.39 is 12.1 Å². The lowest BCUT2D eigenvalue weighted by Gasteiger charge is -2.31. The third kappa shape index (κ3) is 3.20. The maximum atomic E-state index is 10.9. The SMILES string of the molecule is CC(C)(C)c1cnc(N2CCOC(C(=O)O)C2)nc1. The number of hydrogen-bond acceptors (Lipinski definition) is 5. The number of morpholine rings is 1. The first-order valence-corrected chi connectivity index (χ1v) is 6.30. The van der Waals surface area contributed by atoms with Crippen LogP contribution in [-0.4, -0.2) is 46.8 Å². The Labute approximate surface area is 112 Å². The highest BCUT2D eigenvalue weighted by molar-refractivity contribution is 5.73. The zero-order chi connectivity index (χ0) is 14.0. The Morgan fingerprint density at radius 2 is 2.05 bits per heavy atom. The molecule has 0 bridgehead atoms. The predicted molar refractivity (Wildman–Crippen MR) is 70.3 cm³/mol. The van der Waals surface area contributed by atoms with Gasteiger partial charge in [-0.2, -0.15) is 0 Å². The van der Waals surface area contributed by atoms with E-state index in [1.165, 1.54) is 0 Å². The van der Waals surface area contributed by atoms with Gasteiger partial charge < -0.3 is 14.7 Å². The molecule has 0 spiro atoms. The quantitative estimate of drug-likeness (QED) is 0.862. The second kappa shape index (κ2) is 5.13. The van der Waals surface area contributed by atoms with Gasteiger partial charge in [-0.1, -0.05) is 20.8 Å². The third-order valence-corrected chi connectivity index (χ3v) is 3.13. The van der Waals surface area contributed by atoms with Crippen molar-refractivity contribution in [3.05, 3.63) is 18.0 Å². The van der Waals surface area contributed by atoms with Gasteiger partial charge in [0, 0.05) is 18.9 Å². The Balaban J connectivity index is 2.12. The summed E-state index contributed by atoms with van der Waals surface area (Å²) in [6, 6.07) is 0. The molecule has 1 aliphatic rings. The molecule has 6 nitrogen and oxygen atoms in total. The third-order valence-electron chi connectivity index (χ3n) is 3.13. The summed E-state index contributed by atoms with van der Waals surface area (Å²) in [5, 5.41) is 8.96. The zero-order valence-corrected chi connectivity index (χ0v) is 11.5. The van der Waals surface area contributed by atoms with E-state index in [1.54, 1.807) is 12.4 Å². The second-order valence-electron chi connectivity index (χ2n) is 5.67. The Hall–Kier alpha value is -1.69. The van der Waals surface area contributed by atoms with Gasteiger partial charge in [-0.05, 0) is 11.0 Å². The molecule has 1 atom stereocenters. The summed E-state index contributed by atoms with van der Waals surface area (Å²) in [5.41, 5.74) is 1.06. The Morgan fingerprint density at radius 1 is 1.42 bits per heavy atom. The largest absolute Gasteiger partial charge is 0.479 e. The molecule has 1 aromatic rings. The molecule has 1 N–H and O–H groups in total. The van der Waals surface area contributed by atoms with Crippen LogP contribution >= 0.6 is 0 Å². The average molecular weight is 265 g/mol. The van der Waals surface area contributed by atoms with Gasteiger partial charge in [-0.3, -0.25) is 0 Å². The average Bonchev–Trinajstić information content (AvgIpc) is 2.38. The molecule has 19 heavy (non-hydrogen) atoms. The minimum Gasteiger partial charge on any atom is -0.479 e. The van der Waals surface area contributed by atoms with E-state index in [0.717, 1.165) is 5.56 Å². The van der Waals surface area contributed by atoms with Gasteiger partial charge in [0.2, 0.25) is 5.95 Å². The summed E-state index contributed by atoms with van der Waals surface area (Å²) in [6.07, 6.45) is 2.79. The molecule has 1 fully saturated rings. The van der Waals surface area contributed by atoms with Crippen LogP contribution in [0.3, 0.4) is 0 Å². The predicted octanol–water partition coefficient (Wildman–Crippen LogP) is 1.06. The molecular weight excluding hydrogens is 246 g/mol. The van der Waals surface area contributed by atoms with E-state index in [4.69, 9.17) is 9.84 Å². The molecule has 1 aliphatic heterocycles. The zero-order valence-electron chi connectivity index (χ0n) is 11.5. The van der Waals surface area contributed by atoms with Gasteiger partial charge >= 0.3 is 5.97 Å². The lowest BCUT2D eigenvalue weighted by molar-refractivity contribution is -0.150. The molecule has 0 aromatic carbocycles. The number of anilines is 1. The fourth-order valence-corrected chi connectivity index (χ4v) is 1.85. The maximum Gasteiger partial charge on any atom is 0.334 e. The molecule has 0 amide bonds. The summed E-state index contributed by atoms with van der Waals surface area (Å²) in [5.74, 6) is -0.390. The first-order valence-electron chi connectivity index (χ1n) is 6.30. The van der Waals surface area contributed by atoms with E-state index in [0.29, 0.717) is 19.1 Å². The van der Waals surface area contributed by atoms with Gasteiger partial charge in [-0.15, -0.1) is 0 Å². The van der Waals surface area contributed by atoms with Crippen molar-refractivity contribution < 1.29 is 14.6 Å². The van der Waals surface area contributed by atoms with Crippen molar-refractivity contribution in [2.45, 2.75) is 32.3 Å². The standard InChI is InChI=1S/C13H19N3O3/c1-13(2,3)9-6-14-12(15-7-9)16-4-5-19-10(8-16)11(17)18/h6-7,10H,4-5,8H2,1-3H3,(H,17,18). The normalized spacial score (nSPS) is 20.4. The molecule has 0 aliphatic carbocycles. The van der Waals surface area contributed by atoms with Gasteiger partial charge in [0.1, 0.15) is 0 Å². The first kappa shape index (κ1) is 13.7. The van der Waals surface area contributed by atoms with Gasteiger partial charge in [0.05, 0.1) is 13.2 Å². The number of aliphatic carboxylic acids is 1. The lowest BCUT2D eigenvalue weighted by Crippen LogP contribution is -2.46. The molecule has 1 unspecified atom stereocenters. The minimum absolute atomic E-state index is 0.00708. The topological polar surface area (TPSA) is 75.6 Å². The number of carbonyl (C=O) groups is 1. The van der Waals surface area contributed by atoms with Gasteiger partial charge in [0.15, 0.2) is 6.10 Å². The van der Waals surface area contributed by atoms with Gasteiger partial charge in [0.25, 0.3) is 0 Å². The molecule has 0 radical (unpaired) electrons. The number of carboxylic acids is 1. The van der Waals surface area contributed by atoms with E-state index in [-0.39, 0.29) is 12.0 Å². The van der Waals surface area contributed by atoms with Crippen LogP contribution < -0.4 is 4.90 Å². The summed E-state index contributed by atoms with van der Waals surface area (Å²) < 4.78 is 5.17. The van der Waals surface area contributed by atoms with E-state index >= 15 is 0 Å². The number of hydrogen-bond donors (Lipinski definition) is 1. The smallest absolute Gasteiger partial charge is 0.334 e. The highest BCUT2D eigenvalue weighted by Gasteiger charge is 2.27. The number of nitrogens with zero attached hydrogens (tertiary/aromatic N) is 3. The Morgan fingerprint density at radius 3 is 2.58 bits per heavy atom. The monoisotopic (exact) mass is 265 g/mol. The van der Waals surface area contributed by atoms with E-state index in [1.807, 2.05) is 4.90 Å². The first-order chi connectivity index (χ1) is 8.88.